The summed E-state index contributed by atoms with van der Waals surface area (Å²) in [5.74, 6) is -1.26. The maximum absolute atomic E-state index is 12.2. The van der Waals surface area contributed by atoms with Crippen molar-refractivity contribution in [1.82, 2.24) is 4.72 Å². The second kappa shape index (κ2) is 7.79. The maximum Gasteiger partial charge on any atom is 0.308 e. The molecule has 2 amide bonds. The molecule has 0 bridgehead atoms. The van der Waals surface area contributed by atoms with Crippen LogP contribution in [0.5, 0.6) is 5.75 Å². The van der Waals surface area contributed by atoms with Gasteiger partial charge in [0, 0.05) is 25.1 Å². The van der Waals surface area contributed by atoms with Crippen LogP contribution >= 0.6 is 0 Å². The average Bonchev–Trinajstić information content (AvgIpc) is 2.54. The molecule has 0 fully saturated rings. The summed E-state index contributed by atoms with van der Waals surface area (Å²) in [5.41, 5.74) is 0.705. The number of amides is 2. The smallest absolute Gasteiger partial charge is 0.308 e. The molecule has 0 aliphatic carbocycles. The summed E-state index contributed by atoms with van der Waals surface area (Å²) < 4.78 is 30.4. The monoisotopic (exact) mass is 376 g/mol. The topological polar surface area (TPSA) is 119 Å². The molecule has 8 nitrogen and oxygen atoms in total. The molecule has 26 heavy (non-hydrogen) atoms. The highest BCUT2D eigenvalue weighted by Gasteiger charge is 2.15. The molecule has 0 saturated heterocycles. The van der Waals surface area contributed by atoms with E-state index in [0.29, 0.717) is 17.0 Å². The summed E-state index contributed by atoms with van der Waals surface area (Å²) in [7, 11) is -3.93. The number of nitrogens with one attached hydrogen (secondary N) is 2. The van der Waals surface area contributed by atoms with Crippen molar-refractivity contribution in [1.29, 1.82) is 0 Å². The molecule has 0 atom stereocenters. The van der Waals surface area contributed by atoms with E-state index in [1.165, 1.54) is 55.5 Å². The summed E-state index contributed by atoms with van der Waals surface area (Å²) >= 11 is 0. The molecule has 0 unspecified atom stereocenters. The van der Waals surface area contributed by atoms with Crippen molar-refractivity contribution in [3.63, 3.8) is 0 Å². The zero-order valence-corrected chi connectivity index (χ0v) is 14.8. The van der Waals surface area contributed by atoms with Gasteiger partial charge in [-0.2, -0.15) is 0 Å². The molecule has 136 valence electrons. The number of anilines is 1. The van der Waals surface area contributed by atoms with E-state index in [-0.39, 0.29) is 4.90 Å². The molecule has 2 aromatic rings. The van der Waals surface area contributed by atoms with Crippen LogP contribution in [0.3, 0.4) is 0 Å². The highest BCUT2D eigenvalue weighted by atomic mass is 32.2. The second-order valence-corrected chi connectivity index (χ2v) is 6.94. The number of carbonyl (C=O) groups excluding carboxylic acids is 3. The van der Waals surface area contributed by atoms with E-state index in [9.17, 15) is 22.8 Å². The summed E-state index contributed by atoms with van der Waals surface area (Å²) in [4.78, 5) is 33.9. The number of rotatable bonds is 5. The van der Waals surface area contributed by atoms with Crippen molar-refractivity contribution in [2.45, 2.75) is 18.7 Å². The molecule has 2 aromatic carbocycles. The van der Waals surface area contributed by atoms with Gasteiger partial charge in [0.25, 0.3) is 15.9 Å². The van der Waals surface area contributed by atoms with Crippen LogP contribution in [0, 0.1) is 0 Å². The number of hydrogen-bond acceptors (Lipinski definition) is 6. The van der Waals surface area contributed by atoms with Crippen LogP contribution < -0.4 is 14.8 Å². The number of carbonyl (C=O) groups is 3. The number of hydrogen-bond donors (Lipinski definition) is 2. The first-order chi connectivity index (χ1) is 12.2. The third-order valence-electron chi connectivity index (χ3n) is 3.08. The van der Waals surface area contributed by atoms with Gasteiger partial charge in [-0.05, 0) is 48.5 Å². The lowest BCUT2D eigenvalue weighted by molar-refractivity contribution is -0.131. The Labute approximate surface area is 150 Å². The lowest BCUT2D eigenvalue weighted by Crippen LogP contribution is -2.28. The van der Waals surface area contributed by atoms with Crippen molar-refractivity contribution in [2.24, 2.45) is 0 Å². The summed E-state index contributed by atoms with van der Waals surface area (Å²) in [5, 5.41) is 2.61. The lowest BCUT2D eigenvalue weighted by atomic mass is 10.2. The zero-order valence-electron chi connectivity index (χ0n) is 14.0. The van der Waals surface area contributed by atoms with E-state index in [0.717, 1.165) is 6.92 Å². The Morgan fingerprint density at radius 2 is 1.46 bits per heavy atom. The molecule has 0 spiro atoms. The molecular weight excluding hydrogens is 360 g/mol. The number of sulfonamides is 1. The van der Waals surface area contributed by atoms with Gasteiger partial charge in [0.05, 0.1) is 4.90 Å². The molecule has 2 N–H and O–H groups in total. The van der Waals surface area contributed by atoms with Crippen molar-refractivity contribution in [3.8, 4) is 5.75 Å². The average molecular weight is 376 g/mol. The third kappa shape index (κ3) is 5.15. The Morgan fingerprint density at radius 1 is 0.885 bits per heavy atom. The predicted molar refractivity (Wildman–Crippen MR) is 93.1 cm³/mol. The van der Waals surface area contributed by atoms with Crippen molar-refractivity contribution >= 4 is 33.5 Å². The van der Waals surface area contributed by atoms with Crippen LogP contribution in [0.15, 0.2) is 53.4 Å². The molecule has 0 aromatic heterocycles. The maximum atomic E-state index is 12.2. The molecule has 0 aliphatic heterocycles. The van der Waals surface area contributed by atoms with Gasteiger partial charge >= 0.3 is 5.97 Å². The van der Waals surface area contributed by atoms with E-state index in [4.69, 9.17) is 4.74 Å². The van der Waals surface area contributed by atoms with E-state index in [2.05, 4.69) is 5.32 Å². The lowest BCUT2D eigenvalue weighted by Gasteiger charge is -2.08. The van der Waals surface area contributed by atoms with Gasteiger partial charge in [-0.1, -0.05) is 0 Å². The van der Waals surface area contributed by atoms with Crippen molar-refractivity contribution < 1.29 is 27.5 Å². The van der Waals surface area contributed by atoms with Gasteiger partial charge in [-0.3, -0.25) is 14.4 Å². The highest BCUT2D eigenvalue weighted by Crippen LogP contribution is 2.17. The van der Waals surface area contributed by atoms with Crippen LogP contribution in [-0.4, -0.2) is 26.2 Å². The van der Waals surface area contributed by atoms with Gasteiger partial charge in [-0.25, -0.2) is 13.1 Å². The SMILES string of the molecule is CC(=O)NS(=O)(=O)c1ccc(NC(=O)c2ccc(OC(C)=O)cc2)cc1. The molecule has 0 heterocycles. The van der Waals surface area contributed by atoms with Crippen molar-refractivity contribution in [3.05, 3.63) is 54.1 Å². The van der Waals surface area contributed by atoms with Gasteiger partial charge in [-0.15, -0.1) is 0 Å². The van der Waals surface area contributed by atoms with Gasteiger partial charge in [0.15, 0.2) is 0 Å². The van der Waals surface area contributed by atoms with Crippen LogP contribution in [0.4, 0.5) is 5.69 Å². The largest absolute Gasteiger partial charge is 0.427 e. The minimum Gasteiger partial charge on any atom is -0.427 e. The summed E-state index contributed by atoms with van der Waals surface area (Å²) in [6, 6.07) is 11.3. The first-order valence-corrected chi connectivity index (χ1v) is 8.89. The van der Waals surface area contributed by atoms with Crippen LogP contribution in [-0.2, 0) is 19.6 Å². The Hall–Kier alpha value is -3.20. The fraction of sp³-hybridized carbons (Fsp3) is 0.118. The Balaban J connectivity index is 2.07. The van der Waals surface area contributed by atoms with E-state index >= 15 is 0 Å². The minimum absolute atomic E-state index is 0.101. The number of esters is 1. The number of benzene rings is 2. The van der Waals surface area contributed by atoms with Crippen LogP contribution in [0.25, 0.3) is 0 Å². The van der Waals surface area contributed by atoms with Gasteiger partial charge in [0.2, 0.25) is 5.91 Å². The van der Waals surface area contributed by atoms with Gasteiger partial charge < -0.3 is 10.1 Å². The van der Waals surface area contributed by atoms with Gasteiger partial charge in [0.1, 0.15) is 5.75 Å². The normalized spacial score (nSPS) is 10.7. The first kappa shape index (κ1) is 19.1. The minimum atomic E-state index is -3.93. The fourth-order valence-electron chi connectivity index (χ4n) is 2.01. The van der Waals surface area contributed by atoms with E-state index in [1.807, 2.05) is 4.72 Å². The molecular formula is C17H16N2O6S. The molecule has 0 aliphatic rings. The van der Waals surface area contributed by atoms with Crippen LogP contribution in [0.2, 0.25) is 0 Å². The van der Waals surface area contributed by atoms with E-state index in [1.54, 1.807) is 0 Å². The zero-order chi connectivity index (χ0) is 19.3. The first-order valence-electron chi connectivity index (χ1n) is 7.40. The Bertz CT molecular complexity index is 934. The quantitative estimate of drug-likeness (QED) is 0.605. The predicted octanol–water partition coefficient (Wildman–Crippen LogP) is 1.69. The molecule has 0 radical (unpaired) electrons. The summed E-state index contributed by atoms with van der Waals surface area (Å²) in [6.07, 6.45) is 0. The summed E-state index contributed by atoms with van der Waals surface area (Å²) in [6.45, 7) is 2.37. The third-order valence-corrected chi connectivity index (χ3v) is 4.53. The molecule has 0 saturated carbocycles. The van der Waals surface area contributed by atoms with E-state index < -0.39 is 27.8 Å². The van der Waals surface area contributed by atoms with Crippen LogP contribution in [0.1, 0.15) is 24.2 Å². The van der Waals surface area contributed by atoms with Crippen molar-refractivity contribution in [2.75, 3.05) is 5.32 Å². The molecule has 2 rings (SSSR count). The molecule has 9 heteroatoms. The second-order valence-electron chi connectivity index (χ2n) is 5.26. The Morgan fingerprint density at radius 3 is 1.96 bits per heavy atom. The Kier molecular flexibility index (Phi) is 5.73. The fourth-order valence-corrected chi connectivity index (χ4v) is 3.00. The standard InChI is InChI=1S/C17H16N2O6S/c1-11(20)19-26(23,24)16-9-5-14(6-10-16)18-17(22)13-3-7-15(8-4-13)25-12(2)21/h3-10H,1-2H3,(H,18,22)(H,19,20). The number of ether oxygens (including phenoxy) is 1. The highest BCUT2D eigenvalue weighted by molar-refractivity contribution is 7.90.